The monoisotopic (exact) mass is 481 g/mol. The van der Waals surface area contributed by atoms with Gasteiger partial charge in [-0.15, -0.1) is 4.37 Å². The highest BCUT2D eigenvalue weighted by Gasteiger charge is 2.28. The molecule has 0 aromatic carbocycles. The summed E-state index contributed by atoms with van der Waals surface area (Å²) in [4.78, 5) is 12.1. The third-order valence-electron chi connectivity index (χ3n) is 6.08. The fraction of sp³-hybridized carbons (Fsp3) is 0.800. The molecule has 0 aliphatic carbocycles. The fourth-order valence-corrected chi connectivity index (χ4v) is 4.58. The molecule has 1 aromatic heterocycles. The van der Waals surface area contributed by atoms with Crippen LogP contribution in [0.15, 0.2) is 6.08 Å². The van der Waals surface area contributed by atoms with E-state index < -0.39 is 4.65 Å². The molecule has 188 valence electrons. The zero-order chi connectivity index (χ0) is 23.8. The Labute approximate surface area is 204 Å². The number of rotatable bonds is 18. The van der Waals surface area contributed by atoms with Gasteiger partial charge in [0.05, 0.1) is 24.9 Å². The van der Waals surface area contributed by atoms with E-state index in [2.05, 4.69) is 22.6 Å². The summed E-state index contributed by atoms with van der Waals surface area (Å²) in [6.45, 7) is 5.50. The van der Waals surface area contributed by atoms with Gasteiger partial charge in [0.25, 0.3) is 5.88 Å². The molecular formula is C25H43N3O4S. The molecule has 1 aliphatic rings. The molecule has 0 radical (unpaired) electrons. The van der Waals surface area contributed by atoms with Gasteiger partial charge in [0.2, 0.25) is 6.73 Å². The second-order valence-electron chi connectivity index (χ2n) is 9.16. The van der Waals surface area contributed by atoms with Crippen LogP contribution in [0.25, 0.3) is 5.57 Å². The number of hydrogen-bond donors (Lipinski definition) is 0. The van der Waals surface area contributed by atoms with Crippen molar-refractivity contribution in [1.29, 1.82) is 0 Å². The Kier molecular flexibility index (Phi) is 13.6. The second kappa shape index (κ2) is 16.2. The fourth-order valence-electron chi connectivity index (χ4n) is 4.04. The van der Waals surface area contributed by atoms with Gasteiger partial charge in [0.15, 0.2) is 0 Å². The number of quaternary nitrogens is 1. The van der Waals surface area contributed by atoms with Crippen molar-refractivity contribution >= 4 is 23.3 Å². The molecule has 2 heterocycles. The molecule has 7 nitrogen and oxygen atoms in total. The summed E-state index contributed by atoms with van der Waals surface area (Å²) >= 11 is 1.10. The van der Waals surface area contributed by atoms with Crippen molar-refractivity contribution in [2.24, 2.45) is 0 Å². The van der Waals surface area contributed by atoms with Crippen LogP contribution in [0.4, 0.5) is 0 Å². The maximum Gasteiger partial charge on any atom is 0.310 e. The number of hydrogen-bond acceptors (Lipinski definition) is 7. The van der Waals surface area contributed by atoms with Crippen LogP contribution in [0.3, 0.4) is 0 Å². The molecule has 0 spiro atoms. The van der Waals surface area contributed by atoms with Gasteiger partial charge >= 0.3 is 5.97 Å². The van der Waals surface area contributed by atoms with E-state index >= 15 is 0 Å². The van der Waals surface area contributed by atoms with Gasteiger partial charge < -0.3 is 19.3 Å². The van der Waals surface area contributed by atoms with E-state index in [1.165, 1.54) is 44.9 Å². The minimum Gasteiger partial charge on any atom is -0.630 e. The summed E-state index contributed by atoms with van der Waals surface area (Å²) in [6, 6.07) is 0. The van der Waals surface area contributed by atoms with Gasteiger partial charge in [-0.1, -0.05) is 84.1 Å². The molecule has 0 saturated heterocycles. The number of nitrogens with zero attached hydrogens (tertiary/aromatic N) is 3. The van der Waals surface area contributed by atoms with Gasteiger partial charge in [-0.2, -0.15) is 4.37 Å². The van der Waals surface area contributed by atoms with Crippen molar-refractivity contribution in [3.63, 3.8) is 0 Å². The Morgan fingerprint density at radius 1 is 1.00 bits per heavy atom. The summed E-state index contributed by atoms with van der Waals surface area (Å²) in [6.07, 6.45) is 17.0. The zero-order valence-electron chi connectivity index (χ0n) is 20.7. The van der Waals surface area contributed by atoms with E-state index in [1.807, 2.05) is 6.08 Å². The minimum absolute atomic E-state index is 0.141. The summed E-state index contributed by atoms with van der Waals surface area (Å²) in [5.41, 5.74) is 1.51. The maximum absolute atomic E-state index is 13.2. The second-order valence-corrected chi connectivity index (χ2v) is 9.68. The molecule has 0 bridgehead atoms. The third kappa shape index (κ3) is 11.0. The molecule has 0 N–H and O–H groups in total. The van der Waals surface area contributed by atoms with E-state index in [-0.39, 0.29) is 19.2 Å². The summed E-state index contributed by atoms with van der Waals surface area (Å²) < 4.78 is 19.3. The molecule has 1 aromatic rings. The minimum atomic E-state index is -0.567. The van der Waals surface area contributed by atoms with Crippen molar-refractivity contribution in [2.45, 2.75) is 104 Å². The normalized spacial score (nSPS) is 18.2. The quantitative estimate of drug-likeness (QED) is 0.101. The van der Waals surface area contributed by atoms with Gasteiger partial charge in [-0.25, -0.2) is 0 Å². The Hall–Kier alpha value is -1.51. The molecule has 8 heteroatoms. The number of ether oxygens (including phenoxy) is 2. The van der Waals surface area contributed by atoms with Crippen LogP contribution in [-0.4, -0.2) is 45.8 Å². The van der Waals surface area contributed by atoms with Crippen LogP contribution in [0.5, 0.6) is 5.88 Å². The number of unbranched alkanes of at least 4 members (excludes halogenated alkanes) is 10. The van der Waals surface area contributed by atoms with Crippen molar-refractivity contribution < 1.29 is 18.9 Å². The third-order valence-corrected chi connectivity index (χ3v) is 6.59. The van der Waals surface area contributed by atoms with Gasteiger partial charge in [-0.05, 0) is 12.8 Å². The Bertz CT molecular complexity index is 710. The maximum atomic E-state index is 13.2. The van der Waals surface area contributed by atoms with E-state index in [9.17, 15) is 10.0 Å². The van der Waals surface area contributed by atoms with Crippen molar-refractivity contribution in [1.82, 2.24) is 8.75 Å². The summed E-state index contributed by atoms with van der Waals surface area (Å²) in [7, 11) is 0. The highest BCUT2D eigenvalue weighted by molar-refractivity contribution is 6.99. The lowest BCUT2D eigenvalue weighted by molar-refractivity contribution is -0.891. The molecule has 33 heavy (non-hydrogen) atoms. The van der Waals surface area contributed by atoms with Crippen LogP contribution in [-0.2, 0) is 9.53 Å². The number of aromatic nitrogens is 2. The van der Waals surface area contributed by atoms with Crippen molar-refractivity contribution in [3.8, 4) is 5.88 Å². The molecule has 2 rings (SSSR count). The van der Waals surface area contributed by atoms with E-state index in [0.717, 1.165) is 49.4 Å². The molecular weight excluding hydrogens is 438 g/mol. The predicted molar refractivity (Wildman–Crippen MR) is 134 cm³/mol. The molecule has 1 unspecified atom stereocenters. The average molecular weight is 482 g/mol. The van der Waals surface area contributed by atoms with Crippen LogP contribution in [0, 0.1) is 5.21 Å². The summed E-state index contributed by atoms with van der Waals surface area (Å²) in [5, 5.41) is 13.2. The highest BCUT2D eigenvalue weighted by Crippen LogP contribution is 2.30. The predicted octanol–water partition coefficient (Wildman–Crippen LogP) is 6.63. The first-order valence-corrected chi connectivity index (χ1v) is 13.7. The SMILES string of the molecule is CCCCCCCCCCC(=O)OC[N+]1([O-])CCC=C(c2nsnc2OCCCCCC)C1. The van der Waals surface area contributed by atoms with Crippen LogP contribution >= 0.6 is 11.7 Å². The van der Waals surface area contributed by atoms with E-state index in [1.54, 1.807) is 0 Å². The molecule has 1 atom stereocenters. The Morgan fingerprint density at radius 2 is 1.67 bits per heavy atom. The largest absolute Gasteiger partial charge is 0.630 e. The number of esters is 1. The van der Waals surface area contributed by atoms with E-state index in [4.69, 9.17) is 9.47 Å². The lowest BCUT2D eigenvalue weighted by Gasteiger charge is -2.43. The molecule has 0 saturated carbocycles. The zero-order valence-corrected chi connectivity index (χ0v) is 21.5. The van der Waals surface area contributed by atoms with Gasteiger partial charge in [0, 0.05) is 18.4 Å². The standard InChI is InChI=1S/C25H43N3O4S/c1-3-5-7-9-10-11-12-13-17-23(29)32-21-28(30)18-15-16-22(20-28)24-25(27-33-26-24)31-19-14-8-6-4-2/h16H,3-15,17-21H2,1-2H3. The molecule has 0 amide bonds. The molecule has 1 aliphatic heterocycles. The lowest BCUT2D eigenvalue weighted by atomic mass is 10.1. The van der Waals surface area contributed by atoms with Crippen LogP contribution in [0.1, 0.15) is 109 Å². The topological polar surface area (TPSA) is 84.4 Å². The number of hydroxylamine groups is 3. The first kappa shape index (κ1) is 27.7. The Balaban J connectivity index is 1.69. The van der Waals surface area contributed by atoms with Crippen LogP contribution in [0.2, 0.25) is 0 Å². The average Bonchev–Trinajstić information content (AvgIpc) is 3.28. The smallest absolute Gasteiger partial charge is 0.310 e. The first-order valence-electron chi connectivity index (χ1n) is 13.0. The van der Waals surface area contributed by atoms with Gasteiger partial charge in [0.1, 0.15) is 12.2 Å². The molecule has 0 fully saturated rings. The highest BCUT2D eigenvalue weighted by atomic mass is 32.1. The van der Waals surface area contributed by atoms with Gasteiger partial charge in [-0.3, -0.25) is 4.79 Å². The number of carbonyl (C=O) groups excluding carboxylic acids is 1. The first-order chi connectivity index (χ1) is 16.1. The Morgan fingerprint density at radius 3 is 2.39 bits per heavy atom. The lowest BCUT2D eigenvalue weighted by Crippen LogP contribution is -2.48. The van der Waals surface area contributed by atoms with Crippen molar-refractivity contribution in [2.75, 3.05) is 26.4 Å². The van der Waals surface area contributed by atoms with Crippen LogP contribution < -0.4 is 4.74 Å². The van der Waals surface area contributed by atoms with Crippen molar-refractivity contribution in [3.05, 3.63) is 17.0 Å². The summed E-state index contributed by atoms with van der Waals surface area (Å²) in [5.74, 6) is 0.250. The van der Waals surface area contributed by atoms with E-state index in [0.29, 0.717) is 37.6 Å². The number of carbonyl (C=O) groups is 1.